The summed E-state index contributed by atoms with van der Waals surface area (Å²) in [6.07, 6.45) is 6.77. The minimum absolute atomic E-state index is 0.395. The summed E-state index contributed by atoms with van der Waals surface area (Å²) in [7, 11) is 0. The molecule has 0 amide bonds. The van der Waals surface area contributed by atoms with Crippen molar-refractivity contribution < 1.29 is 0 Å². The lowest BCUT2D eigenvalue weighted by Gasteiger charge is -2.57. The van der Waals surface area contributed by atoms with Crippen molar-refractivity contribution in [2.45, 2.75) is 42.9 Å². The van der Waals surface area contributed by atoms with Crippen LogP contribution in [0, 0.1) is 17.8 Å². The fourth-order valence-electron chi connectivity index (χ4n) is 4.02. The SMILES string of the molecule is NC1[C@H]2CC3C[C@H]1CC(S)(C3)C2. The monoisotopic (exact) mass is 183 g/mol. The standard InChI is InChI=1S/C10H17NS/c11-9-7-1-6-2-8(9)5-10(12,3-6)4-7/h6-9,12H,1-5,11H2/t6?,7-,8-,9?,10?/m0/s1. The third-order valence-corrected chi connectivity index (χ3v) is 4.86. The Balaban J connectivity index is 1.95. The molecule has 2 heteroatoms. The molecule has 2 atom stereocenters. The second kappa shape index (κ2) is 2.21. The highest BCUT2D eigenvalue weighted by atomic mass is 32.1. The molecule has 1 nitrogen and oxygen atoms in total. The van der Waals surface area contributed by atoms with Crippen LogP contribution < -0.4 is 5.73 Å². The summed E-state index contributed by atoms with van der Waals surface area (Å²) in [4.78, 5) is 0. The maximum Gasteiger partial charge on any atom is 0.0139 e. The smallest absolute Gasteiger partial charge is 0.0139 e. The molecule has 0 radical (unpaired) electrons. The van der Waals surface area contributed by atoms with Crippen molar-refractivity contribution in [2.24, 2.45) is 23.5 Å². The van der Waals surface area contributed by atoms with Crippen LogP contribution in [-0.2, 0) is 0 Å². The summed E-state index contributed by atoms with van der Waals surface area (Å²) in [5, 5.41) is 0. The van der Waals surface area contributed by atoms with Gasteiger partial charge in [0.15, 0.2) is 0 Å². The van der Waals surface area contributed by atoms with E-state index in [-0.39, 0.29) is 0 Å². The van der Waals surface area contributed by atoms with Crippen molar-refractivity contribution in [1.29, 1.82) is 0 Å². The zero-order valence-electron chi connectivity index (χ0n) is 7.37. The van der Waals surface area contributed by atoms with Crippen LogP contribution in [0.4, 0.5) is 0 Å². The lowest BCUT2D eigenvalue weighted by molar-refractivity contribution is 0.0184. The van der Waals surface area contributed by atoms with Crippen molar-refractivity contribution in [2.75, 3.05) is 0 Å². The van der Waals surface area contributed by atoms with Gasteiger partial charge in [-0.2, -0.15) is 12.6 Å². The molecule has 68 valence electrons. The van der Waals surface area contributed by atoms with Crippen molar-refractivity contribution in [1.82, 2.24) is 0 Å². The topological polar surface area (TPSA) is 26.0 Å². The number of nitrogens with two attached hydrogens (primary N) is 1. The van der Waals surface area contributed by atoms with Gasteiger partial charge in [0.05, 0.1) is 0 Å². The molecule has 4 fully saturated rings. The van der Waals surface area contributed by atoms with Gasteiger partial charge in [-0.25, -0.2) is 0 Å². The summed E-state index contributed by atoms with van der Waals surface area (Å²) in [6.45, 7) is 0. The highest BCUT2D eigenvalue weighted by Crippen LogP contribution is 2.57. The summed E-state index contributed by atoms with van der Waals surface area (Å²) < 4.78 is 0.395. The third kappa shape index (κ3) is 0.912. The Labute approximate surface area is 79.5 Å². The van der Waals surface area contributed by atoms with Crippen LogP contribution >= 0.6 is 12.6 Å². The van der Waals surface area contributed by atoms with E-state index in [1.165, 1.54) is 32.1 Å². The summed E-state index contributed by atoms with van der Waals surface area (Å²) in [5.41, 5.74) is 6.19. The number of hydrogen-bond donors (Lipinski definition) is 2. The first-order valence-corrected chi connectivity index (χ1v) is 5.59. The largest absolute Gasteiger partial charge is 0.327 e. The molecular formula is C10H17NS. The molecule has 4 bridgehead atoms. The van der Waals surface area contributed by atoms with Gasteiger partial charge in [0, 0.05) is 10.8 Å². The van der Waals surface area contributed by atoms with E-state index in [1.807, 2.05) is 0 Å². The predicted molar refractivity (Wildman–Crippen MR) is 53.2 cm³/mol. The molecule has 4 aliphatic rings. The lowest BCUT2D eigenvalue weighted by atomic mass is 9.54. The Bertz CT molecular complexity index is 200. The van der Waals surface area contributed by atoms with Crippen LogP contribution in [0.1, 0.15) is 32.1 Å². The normalized spacial score (nSPS) is 62.5. The van der Waals surface area contributed by atoms with Crippen LogP contribution in [-0.4, -0.2) is 10.8 Å². The van der Waals surface area contributed by atoms with Gasteiger partial charge in [0.2, 0.25) is 0 Å². The van der Waals surface area contributed by atoms with E-state index in [2.05, 4.69) is 0 Å². The molecule has 0 aromatic rings. The first kappa shape index (κ1) is 7.69. The van der Waals surface area contributed by atoms with Crippen LogP contribution in [0.25, 0.3) is 0 Å². The van der Waals surface area contributed by atoms with Gasteiger partial charge in [0.25, 0.3) is 0 Å². The van der Waals surface area contributed by atoms with E-state index < -0.39 is 0 Å². The van der Waals surface area contributed by atoms with Gasteiger partial charge >= 0.3 is 0 Å². The Morgan fingerprint density at radius 3 is 2.17 bits per heavy atom. The quantitative estimate of drug-likeness (QED) is 0.550. The highest BCUT2D eigenvalue weighted by Gasteiger charge is 2.52. The molecule has 0 aliphatic heterocycles. The number of thiol groups is 1. The molecule has 0 saturated heterocycles. The molecule has 0 spiro atoms. The molecular weight excluding hydrogens is 166 g/mol. The second-order valence-electron chi connectivity index (χ2n) is 5.27. The fourth-order valence-corrected chi connectivity index (χ4v) is 4.75. The molecule has 0 aromatic carbocycles. The summed E-state index contributed by atoms with van der Waals surface area (Å²) in [5.74, 6) is 2.60. The van der Waals surface area contributed by atoms with Gasteiger partial charge in [-0.1, -0.05) is 0 Å². The lowest BCUT2D eigenvalue weighted by Crippen LogP contribution is -2.57. The van der Waals surface area contributed by atoms with E-state index in [0.717, 1.165) is 17.8 Å². The van der Waals surface area contributed by atoms with E-state index in [0.29, 0.717) is 10.8 Å². The zero-order valence-corrected chi connectivity index (χ0v) is 8.26. The molecule has 4 saturated carbocycles. The van der Waals surface area contributed by atoms with Crippen LogP contribution in [0.15, 0.2) is 0 Å². The van der Waals surface area contributed by atoms with E-state index >= 15 is 0 Å². The average molecular weight is 183 g/mol. The van der Waals surface area contributed by atoms with Crippen LogP contribution in [0.5, 0.6) is 0 Å². The van der Waals surface area contributed by atoms with Crippen molar-refractivity contribution in [3.05, 3.63) is 0 Å². The average Bonchev–Trinajstić information content (AvgIpc) is 1.96. The Hall–Kier alpha value is 0.310. The maximum absolute atomic E-state index is 6.19. The highest BCUT2D eigenvalue weighted by molar-refractivity contribution is 7.81. The minimum Gasteiger partial charge on any atom is -0.327 e. The predicted octanol–water partition coefficient (Wildman–Crippen LogP) is 1.82. The molecule has 2 N–H and O–H groups in total. The molecule has 0 aromatic heterocycles. The molecule has 4 aliphatic carbocycles. The molecule has 0 unspecified atom stereocenters. The molecule has 0 heterocycles. The number of hydrogen-bond acceptors (Lipinski definition) is 2. The second-order valence-corrected chi connectivity index (χ2v) is 6.22. The zero-order chi connectivity index (χ0) is 8.34. The van der Waals surface area contributed by atoms with Crippen LogP contribution in [0.3, 0.4) is 0 Å². The maximum atomic E-state index is 6.19. The van der Waals surface area contributed by atoms with Crippen LogP contribution in [0.2, 0.25) is 0 Å². The Morgan fingerprint density at radius 1 is 1.08 bits per heavy atom. The molecule has 12 heavy (non-hydrogen) atoms. The Kier molecular flexibility index (Phi) is 1.42. The van der Waals surface area contributed by atoms with E-state index in [4.69, 9.17) is 18.4 Å². The van der Waals surface area contributed by atoms with E-state index in [1.54, 1.807) is 0 Å². The summed E-state index contributed by atoms with van der Waals surface area (Å²) >= 11 is 4.84. The first-order valence-electron chi connectivity index (χ1n) is 5.14. The van der Waals surface area contributed by atoms with Gasteiger partial charge < -0.3 is 5.73 Å². The van der Waals surface area contributed by atoms with Gasteiger partial charge in [0.1, 0.15) is 0 Å². The molecule has 4 rings (SSSR count). The fraction of sp³-hybridized carbons (Fsp3) is 1.00. The van der Waals surface area contributed by atoms with Gasteiger partial charge in [-0.15, -0.1) is 0 Å². The minimum atomic E-state index is 0.395. The third-order valence-electron chi connectivity index (χ3n) is 4.31. The van der Waals surface area contributed by atoms with Gasteiger partial charge in [-0.05, 0) is 49.9 Å². The summed E-state index contributed by atoms with van der Waals surface area (Å²) in [6, 6.07) is 0.516. The van der Waals surface area contributed by atoms with Gasteiger partial charge in [-0.3, -0.25) is 0 Å². The van der Waals surface area contributed by atoms with E-state index in [9.17, 15) is 0 Å². The van der Waals surface area contributed by atoms with Crippen molar-refractivity contribution in [3.8, 4) is 0 Å². The van der Waals surface area contributed by atoms with Crippen molar-refractivity contribution in [3.63, 3.8) is 0 Å². The van der Waals surface area contributed by atoms with Crippen molar-refractivity contribution >= 4 is 12.6 Å². The first-order chi connectivity index (χ1) is 5.66. The Morgan fingerprint density at radius 2 is 1.67 bits per heavy atom. The number of rotatable bonds is 0.